The largest absolute Gasteiger partial charge is 0.497 e. The molecule has 0 fully saturated rings. The fourth-order valence-electron chi connectivity index (χ4n) is 2.81. The van der Waals surface area contributed by atoms with Gasteiger partial charge in [-0.3, -0.25) is 4.79 Å². The van der Waals surface area contributed by atoms with Gasteiger partial charge in [-0.1, -0.05) is 18.2 Å². The lowest BCUT2D eigenvalue weighted by Crippen LogP contribution is -2.17. The zero-order valence-electron chi connectivity index (χ0n) is 16.7. The molecule has 0 saturated carbocycles. The van der Waals surface area contributed by atoms with Crippen LogP contribution in [0.1, 0.15) is 21.7 Å². The third-order valence-corrected chi connectivity index (χ3v) is 4.25. The van der Waals surface area contributed by atoms with Crippen molar-refractivity contribution < 1.29 is 14.3 Å². The first-order valence-corrected chi connectivity index (χ1v) is 9.25. The summed E-state index contributed by atoms with van der Waals surface area (Å²) in [6.45, 7) is 2.46. The SMILES string of the molecule is COc1cccc(CCNc2nc(C)cc(C(=O)Nc3cccc(OC)c3)n2)c1. The van der Waals surface area contributed by atoms with Crippen LogP contribution in [0.15, 0.2) is 54.6 Å². The van der Waals surface area contributed by atoms with Crippen molar-refractivity contribution in [2.24, 2.45) is 0 Å². The summed E-state index contributed by atoms with van der Waals surface area (Å²) in [7, 11) is 3.23. The second-order valence-electron chi connectivity index (χ2n) is 6.43. The second-order valence-corrected chi connectivity index (χ2v) is 6.43. The summed E-state index contributed by atoms with van der Waals surface area (Å²) in [4.78, 5) is 21.3. The number of carbonyl (C=O) groups excluding carboxylic acids is 1. The number of amides is 1. The van der Waals surface area contributed by atoms with E-state index in [1.165, 1.54) is 0 Å². The molecule has 3 aromatic rings. The highest BCUT2D eigenvalue weighted by Gasteiger charge is 2.11. The van der Waals surface area contributed by atoms with Crippen molar-refractivity contribution in [3.8, 4) is 11.5 Å². The van der Waals surface area contributed by atoms with E-state index < -0.39 is 0 Å². The summed E-state index contributed by atoms with van der Waals surface area (Å²) in [6.07, 6.45) is 0.778. The lowest BCUT2D eigenvalue weighted by atomic mass is 10.1. The van der Waals surface area contributed by atoms with Crippen molar-refractivity contribution >= 4 is 17.5 Å². The van der Waals surface area contributed by atoms with Crippen LogP contribution in [-0.4, -0.2) is 36.6 Å². The van der Waals surface area contributed by atoms with Crippen LogP contribution in [0.5, 0.6) is 11.5 Å². The van der Waals surface area contributed by atoms with Gasteiger partial charge in [0.1, 0.15) is 17.2 Å². The molecule has 29 heavy (non-hydrogen) atoms. The Hall–Kier alpha value is -3.61. The van der Waals surface area contributed by atoms with E-state index >= 15 is 0 Å². The summed E-state index contributed by atoms with van der Waals surface area (Å²) in [5.41, 5.74) is 2.78. The van der Waals surface area contributed by atoms with Gasteiger partial charge in [-0.2, -0.15) is 0 Å². The summed E-state index contributed by atoms with van der Waals surface area (Å²) in [5.74, 6) is 1.61. The minimum atomic E-state index is -0.306. The molecule has 0 atom stereocenters. The number of ether oxygens (including phenoxy) is 2. The van der Waals surface area contributed by atoms with Crippen molar-refractivity contribution in [3.05, 3.63) is 71.5 Å². The number of hydrogen-bond donors (Lipinski definition) is 2. The van der Waals surface area contributed by atoms with E-state index in [9.17, 15) is 4.79 Å². The monoisotopic (exact) mass is 392 g/mol. The lowest BCUT2D eigenvalue weighted by Gasteiger charge is -2.10. The van der Waals surface area contributed by atoms with Crippen molar-refractivity contribution in [1.82, 2.24) is 9.97 Å². The van der Waals surface area contributed by atoms with Crippen LogP contribution >= 0.6 is 0 Å². The Balaban J connectivity index is 1.64. The first-order chi connectivity index (χ1) is 14.1. The zero-order chi connectivity index (χ0) is 20.6. The highest BCUT2D eigenvalue weighted by atomic mass is 16.5. The number of benzene rings is 2. The molecule has 1 amide bonds. The van der Waals surface area contributed by atoms with E-state index in [-0.39, 0.29) is 5.91 Å². The van der Waals surface area contributed by atoms with Gasteiger partial charge in [0, 0.05) is 24.0 Å². The Bertz CT molecular complexity index is 991. The quantitative estimate of drug-likeness (QED) is 0.608. The van der Waals surface area contributed by atoms with Gasteiger partial charge >= 0.3 is 0 Å². The van der Waals surface area contributed by atoms with Gasteiger partial charge < -0.3 is 20.1 Å². The van der Waals surface area contributed by atoms with Crippen LogP contribution in [0.25, 0.3) is 0 Å². The Morgan fingerprint density at radius 1 is 0.966 bits per heavy atom. The Kier molecular flexibility index (Phi) is 6.63. The number of rotatable bonds is 8. The van der Waals surface area contributed by atoms with Crippen molar-refractivity contribution in [2.45, 2.75) is 13.3 Å². The van der Waals surface area contributed by atoms with Crippen LogP contribution in [-0.2, 0) is 6.42 Å². The van der Waals surface area contributed by atoms with Gasteiger partial charge in [0.25, 0.3) is 5.91 Å². The molecule has 1 aromatic heterocycles. The van der Waals surface area contributed by atoms with Crippen molar-refractivity contribution in [2.75, 3.05) is 31.4 Å². The van der Waals surface area contributed by atoms with E-state index in [0.29, 0.717) is 35.3 Å². The van der Waals surface area contributed by atoms with Crippen molar-refractivity contribution in [3.63, 3.8) is 0 Å². The molecule has 150 valence electrons. The van der Waals surface area contributed by atoms with Crippen LogP contribution in [0, 0.1) is 6.92 Å². The predicted molar refractivity (Wildman–Crippen MR) is 113 cm³/mol. The Labute approximate surface area is 170 Å². The number of nitrogens with zero attached hydrogens (tertiary/aromatic N) is 2. The molecule has 0 aliphatic rings. The second kappa shape index (κ2) is 9.54. The maximum atomic E-state index is 12.6. The van der Waals surface area contributed by atoms with Gasteiger partial charge in [-0.05, 0) is 49.2 Å². The fraction of sp³-hybridized carbons (Fsp3) is 0.227. The molecule has 7 nitrogen and oxygen atoms in total. The topological polar surface area (TPSA) is 85.4 Å². The maximum absolute atomic E-state index is 12.6. The molecule has 7 heteroatoms. The molecule has 2 aromatic carbocycles. The molecule has 3 rings (SSSR count). The predicted octanol–water partition coefficient (Wildman–Crippen LogP) is 3.71. The van der Waals surface area contributed by atoms with Gasteiger partial charge in [-0.25, -0.2) is 9.97 Å². The summed E-state index contributed by atoms with van der Waals surface area (Å²) < 4.78 is 10.4. The van der Waals surface area contributed by atoms with E-state index in [0.717, 1.165) is 17.7 Å². The first kappa shape index (κ1) is 20.1. The number of nitrogens with one attached hydrogen (secondary N) is 2. The van der Waals surface area contributed by atoms with Crippen molar-refractivity contribution in [1.29, 1.82) is 0 Å². The summed E-state index contributed by atoms with van der Waals surface area (Å²) in [5, 5.41) is 6.02. The third-order valence-electron chi connectivity index (χ3n) is 4.25. The molecule has 0 aliphatic carbocycles. The number of hydrogen-bond acceptors (Lipinski definition) is 6. The fourth-order valence-corrected chi connectivity index (χ4v) is 2.81. The van der Waals surface area contributed by atoms with Gasteiger partial charge in [0.05, 0.1) is 14.2 Å². The van der Waals surface area contributed by atoms with Gasteiger partial charge in [-0.15, -0.1) is 0 Å². The van der Waals surface area contributed by atoms with Crippen LogP contribution in [0.4, 0.5) is 11.6 Å². The number of methoxy groups -OCH3 is 2. The number of aromatic nitrogens is 2. The molecule has 0 aliphatic heterocycles. The Morgan fingerprint density at radius 2 is 1.69 bits per heavy atom. The standard InChI is InChI=1S/C22H24N4O3/c1-15-12-20(21(27)25-17-7-5-9-19(14-17)29-3)26-22(24-15)23-11-10-16-6-4-8-18(13-16)28-2/h4-9,12-14H,10-11H2,1-3H3,(H,25,27)(H,23,24,26). The molecular weight excluding hydrogens is 368 g/mol. The molecule has 0 radical (unpaired) electrons. The number of aryl methyl sites for hydroxylation is 1. The zero-order valence-corrected chi connectivity index (χ0v) is 16.7. The molecule has 2 N–H and O–H groups in total. The van der Waals surface area contributed by atoms with E-state index in [1.54, 1.807) is 32.4 Å². The normalized spacial score (nSPS) is 10.3. The highest BCUT2D eigenvalue weighted by Crippen LogP contribution is 2.18. The minimum absolute atomic E-state index is 0.296. The van der Waals surface area contributed by atoms with E-state index in [4.69, 9.17) is 9.47 Å². The average Bonchev–Trinajstić information content (AvgIpc) is 2.73. The van der Waals surface area contributed by atoms with Crippen LogP contribution in [0.3, 0.4) is 0 Å². The highest BCUT2D eigenvalue weighted by molar-refractivity contribution is 6.03. The van der Waals surface area contributed by atoms with Gasteiger partial charge in [0.2, 0.25) is 5.95 Å². The molecule has 0 bridgehead atoms. The smallest absolute Gasteiger partial charge is 0.274 e. The van der Waals surface area contributed by atoms with E-state index in [2.05, 4.69) is 20.6 Å². The minimum Gasteiger partial charge on any atom is -0.497 e. The first-order valence-electron chi connectivity index (χ1n) is 9.25. The molecule has 0 saturated heterocycles. The molecular formula is C22H24N4O3. The summed E-state index contributed by atoms with van der Waals surface area (Å²) >= 11 is 0. The third kappa shape index (κ3) is 5.68. The average molecular weight is 392 g/mol. The lowest BCUT2D eigenvalue weighted by molar-refractivity contribution is 0.102. The van der Waals surface area contributed by atoms with Crippen LogP contribution in [0.2, 0.25) is 0 Å². The molecule has 1 heterocycles. The Morgan fingerprint density at radius 3 is 2.45 bits per heavy atom. The van der Waals surface area contributed by atoms with Gasteiger partial charge in [0.15, 0.2) is 0 Å². The molecule has 0 spiro atoms. The number of anilines is 2. The molecule has 0 unspecified atom stereocenters. The van der Waals surface area contributed by atoms with E-state index in [1.807, 2.05) is 43.3 Å². The number of carbonyl (C=O) groups is 1. The summed E-state index contributed by atoms with van der Waals surface area (Å²) in [6, 6.07) is 16.7. The van der Waals surface area contributed by atoms with Crippen LogP contribution < -0.4 is 20.1 Å². The maximum Gasteiger partial charge on any atom is 0.274 e.